The summed E-state index contributed by atoms with van der Waals surface area (Å²) in [5.41, 5.74) is 1.38. The van der Waals surface area contributed by atoms with Gasteiger partial charge in [0.15, 0.2) is 0 Å². The first-order valence-corrected chi connectivity index (χ1v) is 9.90. The van der Waals surface area contributed by atoms with Gasteiger partial charge in [0.2, 0.25) is 0 Å². The zero-order valence-corrected chi connectivity index (χ0v) is 17.3. The standard InChI is InChI=1S/C21H19NO7S/c1-4-28-20(26)12(3)22-18(23)17(30-21(22)27)10-14-7-8-16(29-14)15-9-13(19(24)25)6-5-11(15)2/h5-10,12H,4H2,1-3H3,(H,24,25)/p-1/b17-10+/t12-/m0/s1. The molecule has 1 aliphatic heterocycles. The first-order chi connectivity index (χ1) is 14.2. The number of aromatic carboxylic acids is 1. The minimum atomic E-state index is -1.30. The van der Waals surface area contributed by atoms with Crippen LogP contribution in [-0.4, -0.2) is 40.6 Å². The van der Waals surface area contributed by atoms with Gasteiger partial charge < -0.3 is 19.1 Å². The van der Waals surface area contributed by atoms with Gasteiger partial charge in [0.1, 0.15) is 17.6 Å². The summed E-state index contributed by atoms with van der Waals surface area (Å²) in [6.45, 7) is 5.01. The first kappa shape index (κ1) is 21.4. The second kappa shape index (κ2) is 8.58. The van der Waals surface area contributed by atoms with Gasteiger partial charge in [-0.25, -0.2) is 4.79 Å². The summed E-state index contributed by atoms with van der Waals surface area (Å²) in [7, 11) is 0. The van der Waals surface area contributed by atoms with Gasteiger partial charge in [0, 0.05) is 11.6 Å². The Morgan fingerprint density at radius 1 is 1.27 bits per heavy atom. The van der Waals surface area contributed by atoms with E-state index in [2.05, 4.69) is 0 Å². The molecular weight excluding hydrogens is 410 g/mol. The van der Waals surface area contributed by atoms with Gasteiger partial charge >= 0.3 is 5.97 Å². The van der Waals surface area contributed by atoms with Crippen LogP contribution in [0.4, 0.5) is 4.79 Å². The monoisotopic (exact) mass is 428 g/mol. The van der Waals surface area contributed by atoms with Gasteiger partial charge in [-0.1, -0.05) is 12.1 Å². The molecule has 0 bridgehead atoms. The van der Waals surface area contributed by atoms with Crippen molar-refractivity contribution >= 4 is 40.9 Å². The van der Waals surface area contributed by atoms with Gasteiger partial charge in [-0.3, -0.25) is 14.5 Å². The van der Waals surface area contributed by atoms with E-state index in [9.17, 15) is 24.3 Å². The highest BCUT2D eigenvalue weighted by Crippen LogP contribution is 2.35. The average molecular weight is 428 g/mol. The molecule has 1 aromatic heterocycles. The van der Waals surface area contributed by atoms with Crippen LogP contribution in [0, 0.1) is 6.92 Å². The molecule has 0 aliphatic carbocycles. The maximum atomic E-state index is 12.6. The van der Waals surface area contributed by atoms with Gasteiger partial charge in [-0.15, -0.1) is 0 Å². The molecule has 1 aromatic carbocycles. The number of carboxylic acid groups (broad SMARTS) is 1. The van der Waals surface area contributed by atoms with E-state index in [1.807, 2.05) is 0 Å². The molecule has 9 heteroatoms. The highest BCUT2D eigenvalue weighted by molar-refractivity contribution is 8.18. The van der Waals surface area contributed by atoms with Gasteiger partial charge in [0.05, 0.1) is 17.5 Å². The molecule has 2 heterocycles. The number of thioether (sulfide) groups is 1. The number of amides is 2. The van der Waals surface area contributed by atoms with E-state index in [1.165, 1.54) is 25.1 Å². The quantitative estimate of drug-likeness (QED) is 0.509. The Labute approximate surface area is 176 Å². The fourth-order valence-electron chi connectivity index (χ4n) is 2.90. The third-order valence-corrected chi connectivity index (χ3v) is 5.36. The van der Waals surface area contributed by atoms with Crippen molar-refractivity contribution in [3.63, 3.8) is 0 Å². The normalized spacial score (nSPS) is 16.2. The van der Waals surface area contributed by atoms with Gasteiger partial charge in [0.25, 0.3) is 11.1 Å². The number of esters is 1. The van der Waals surface area contributed by atoms with Crippen molar-refractivity contribution in [1.29, 1.82) is 0 Å². The fraction of sp³-hybridized carbons (Fsp3) is 0.238. The van der Waals surface area contributed by atoms with E-state index in [1.54, 1.807) is 32.0 Å². The SMILES string of the molecule is CCOC(=O)[C@H](C)N1C(=O)S/C(=C/c2ccc(-c3cc(C(=O)[O-])ccc3C)o2)C1=O. The number of imide groups is 1. The van der Waals surface area contributed by atoms with Crippen LogP contribution in [0.2, 0.25) is 0 Å². The number of hydrogen-bond acceptors (Lipinski definition) is 8. The molecule has 1 saturated heterocycles. The van der Waals surface area contributed by atoms with E-state index >= 15 is 0 Å². The second-order valence-electron chi connectivity index (χ2n) is 6.50. The smallest absolute Gasteiger partial charge is 0.329 e. The molecule has 156 valence electrons. The van der Waals surface area contributed by atoms with Crippen molar-refractivity contribution in [3.8, 4) is 11.3 Å². The highest BCUT2D eigenvalue weighted by atomic mass is 32.2. The zero-order chi connectivity index (χ0) is 22.0. The van der Waals surface area contributed by atoms with Gasteiger partial charge in [-0.2, -0.15) is 0 Å². The highest BCUT2D eigenvalue weighted by Gasteiger charge is 2.41. The summed E-state index contributed by atoms with van der Waals surface area (Å²) in [4.78, 5) is 48.8. The minimum absolute atomic E-state index is 0.0163. The summed E-state index contributed by atoms with van der Waals surface area (Å²) in [6.07, 6.45) is 1.41. The van der Waals surface area contributed by atoms with Crippen LogP contribution in [0.25, 0.3) is 17.4 Å². The van der Waals surface area contributed by atoms with Crippen molar-refractivity contribution in [2.75, 3.05) is 6.61 Å². The Kier molecular flexibility index (Phi) is 6.12. The van der Waals surface area contributed by atoms with Crippen LogP contribution in [0.3, 0.4) is 0 Å². The lowest BCUT2D eigenvalue weighted by molar-refractivity contribution is -0.255. The number of hydrogen-bond donors (Lipinski definition) is 0. The van der Waals surface area contributed by atoms with Crippen molar-refractivity contribution in [2.45, 2.75) is 26.8 Å². The molecule has 0 radical (unpaired) electrons. The van der Waals surface area contributed by atoms with E-state index in [0.29, 0.717) is 28.8 Å². The molecule has 8 nitrogen and oxygen atoms in total. The molecular formula is C21H18NO7S-. The van der Waals surface area contributed by atoms with Crippen molar-refractivity contribution < 1.29 is 33.4 Å². The summed E-state index contributed by atoms with van der Waals surface area (Å²) >= 11 is 0.700. The van der Waals surface area contributed by atoms with Crippen LogP contribution in [-0.2, 0) is 14.3 Å². The fourth-order valence-corrected chi connectivity index (χ4v) is 3.79. The van der Waals surface area contributed by atoms with Crippen molar-refractivity contribution in [1.82, 2.24) is 4.90 Å². The topological polar surface area (TPSA) is 117 Å². The Morgan fingerprint density at radius 3 is 2.67 bits per heavy atom. The Balaban J connectivity index is 1.86. The summed E-state index contributed by atoms with van der Waals surface area (Å²) < 4.78 is 10.6. The average Bonchev–Trinajstić information content (AvgIpc) is 3.26. The number of carboxylic acids is 1. The lowest BCUT2D eigenvalue weighted by Crippen LogP contribution is -2.42. The summed E-state index contributed by atoms with van der Waals surface area (Å²) in [5.74, 6) is -1.87. The Hall–Kier alpha value is -3.33. The molecule has 3 rings (SSSR count). The first-order valence-electron chi connectivity index (χ1n) is 9.08. The third-order valence-electron chi connectivity index (χ3n) is 4.48. The zero-order valence-electron chi connectivity index (χ0n) is 16.5. The molecule has 1 atom stereocenters. The second-order valence-corrected chi connectivity index (χ2v) is 7.49. The van der Waals surface area contributed by atoms with Crippen molar-refractivity contribution in [3.05, 3.63) is 52.1 Å². The molecule has 0 spiro atoms. The minimum Gasteiger partial charge on any atom is -0.545 e. The van der Waals surface area contributed by atoms with E-state index in [0.717, 1.165) is 10.5 Å². The van der Waals surface area contributed by atoms with Crippen molar-refractivity contribution in [2.24, 2.45) is 0 Å². The number of ether oxygens (including phenoxy) is 1. The number of aryl methyl sites for hydroxylation is 1. The number of benzene rings is 1. The molecule has 2 aromatic rings. The predicted octanol–water partition coefficient (Wildman–Crippen LogP) is 2.61. The molecule has 1 aliphatic rings. The Morgan fingerprint density at radius 2 is 2.00 bits per heavy atom. The van der Waals surface area contributed by atoms with Gasteiger partial charge in [-0.05, 0) is 61.9 Å². The van der Waals surface area contributed by atoms with Crippen LogP contribution < -0.4 is 5.11 Å². The molecule has 2 amide bonds. The third kappa shape index (κ3) is 4.16. The number of rotatable bonds is 6. The predicted molar refractivity (Wildman–Crippen MR) is 107 cm³/mol. The van der Waals surface area contributed by atoms with Crippen LogP contribution in [0.5, 0.6) is 0 Å². The van der Waals surface area contributed by atoms with Crippen LogP contribution >= 0.6 is 11.8 Å². The molecule has 0 N–H and O–H groups in total. The number of carbonyl (C=O) groups is 4. The van der Waals surface area contributed by atoms with E-state index in [-0.39, 0.29) is 17.1 Å². The molecule has 0 unspecified atom stereocenters. The van der Waals surface area contributed by atoms with Crippen LogP contribution in [0.1, 0.15) is 35.5 Å². The molecule has 0 saturated carbocycles. The van der Waals surface area contributed by atoms with Crippen LogP contribution in [0.15, 0.2) is 39.7 Å². The van der Waals surface area contributed by atoms with E-state index < -0.39 is 29.1 Å². The largest absolute Gasteiger partial charge is 0.545 e. The molecule has 1 fully saturated rings. The summed E-state index contributed by atoms with van der Waals surface area (Å²) in [5, 5.41) is 10.5. The number of nitrogens with zero attached hydrogens (tertiary/aromatic N) is 1. The maximum absolute atomic E-state index is 12.6. The summed E-state index contributed by atoms with van der Waals surface area (Å²) in [6, 6.07) is 6.73. The Bertz CT molecular complexity index is 1070. The lowest BCUT2D eigenvalue weighted by Gasteiger charge is -2.19. The lowest BCUT2D eigenvalue weighted by atomic mass is 10.0. The number of furan rings is 1. The molecule has 30 heavy (non-hydrogen) atoms. The van der Waals surface area contributed by atoms with E-state index in [4.69, 9.17) is 9.15 Å². The maximum Gasteiger partial charge on any atom is 0.329 e. The number of carbonyl (C=O) groups excluding carboxylic acids is 4.